The van der Waals surface area contributed by atoms with Crippen LogP contribution in [0.1, 0.15) is 12.8 Å². The van der Waals surface area contributed by atoms with E-state index in [1.54, 1.807) is 0 Å². The third-order valence-electron chi connectivity index (χ3n) is 0.870. The zero-order chi connectivity index (χ0) is 9.83. The number of ether oxygens (including phenoxy) is 1. The van der Waals surface area contributed by atoms with Crippen molar-refractivity contribution >= 4 is 22.6 Å². The molecule has 0 aliphatic rings. The van der Waals surface area contributed by atoms with Gasteiger partial charge in [0, 0.05) is 29.0 Å². The summed E-state index contributed by atoms with van der Waals surface area (Å²) in [7, 11) is 0. The Morgan fingerprint density at radius 3 is 1.92 bits per heavy atom. The van der Waals surface area contributed by atoms with Gasteiger partial charge in [-0.25, -0.2) is 0 Å². The van der Waals surface area contributed by atoms with E-state index < -0.39 is 29.7 Å². The van der Waals surface area contributed by atoms with E-state index in [9.17, 15) is 22.0 Å². The molecule has 0 fully saturated rings. The normalized spacial score (nSPS) is 13.5. The minimum Gasteiger partial charge on any atom is -0.312 e. The van der Waals surface area contributed by atoms with Crippen LogP contribution >= 0.6 is 22.6 Å². The molecule has 0 aliphatic carbocycles. The van der Waals surface area contributed by atoms with Crippen molar-refractivity contribution < 1.29 is 26.7 Å². The summed E-state index contributed by atoms with van der Waals surface area (Å²) in [5.41, 5.74) is 0. The molecule has 0 amide bonds. The van der Waals surface area contributed by atoms with Crippen molar-refractivity contribution in [2.24, 2.45) is 0 Å². The molecule has 0 aromatic heterocycles. The minimum atomic E-state index is -4.30. The van der Waals surface area contributed by atoms with Crippen LogP contribution in [0.15, 0.2) is 0 Å². The topological polar surface area (TPSA) is 9.23 Å². The highest BCUT2D eigenvalue weighted by atomic mass is 127. The molecule has 0 atom stereocenters. The van der Waals surface area contributed by atoms with Gasteiger partial charge in [-0.15, -0.1) is 0 Å². The van der Waals surface area contributed by atoms with E-state index >= 15 is 0 Å². The maximum atomic E-state index is 11.8. The Kier molecular flexibility index (Phi) is 4.67. The molecule has 0 unspecified atom stereocenters. The lowest BCUT2D eigenvalue weighted by molar-refractivity contribution is -0.163. The molecule has 0 rings (SSSR count). The highest BCUT2D eigenvalue weighted by molar-refractivity contribution is 14.1. The molecule has 74 valence electrons. The second kappa shape index (κ2) is 4.54. The summed E-state index contributed by atoms with van der Waals surface area (Å²) in [5.74, 6) is 0. The lowest BCUT2D eigenvalue weighted by Crippen LogP contribution is -2.14. The SMILES string of the molecule is FC(F)(F)CCCOC(F)(F)I. The average molecular weight is 304 g/mol. The van der Waals surface area contributed by atoms with Gasteiger partial charge in [0.2, 0.25) is 0 Å². The Bertz CT molecular complexity index is 113. The molecule has 0 heterocycles. The summed E-state index contributed by atoms with van der Waals surface area (Å²) in [6.07, 6.45) is -5.84. The Balaban J connectivity index is 3.35. The first-order chi connectivity index (χ1) is 5.21. The van der Waals surface area contributed by atoms with E-state index in [4.69, 9.17) is 0 Å². The van der Waals surface area contributed by atoms with Crippen molar-refractivity contribution in [2.45, 2.75) is 23.1 Å². The molecule has 7 heteroatoms. The predicted molar refractivity (Wildman–Crippen MR) is 40.2 cm³/mol. The molecule has 1 nitrogen and oxygen atoms in total. The van der Waals surface area contributed by atoms with Crippen molar-refractivity contribution in [3.8, 4) is 0 Å². The van der Waals surface area contributed by atoms with E-state index in [1.165, 1.54) is 0 Å². The molecule has 0 aliphatic heterocycles. The number of rotatable bonds is 4. The van der Waals surface area contributed by atoms with Gasteiger partial charge < -0.3 is 4.74 Å². The molecule has 12 heavy (non-hydrogen) atoms. The average Bonchev–Trinajstić information content (AvgIpc) is 1.76. The Morgan fingerprint density at radius 2 is 1.58 bits per heavy atom. The van der Waals surface area contributed by atoms with Crippen molar-refractivity contribution in [3.63, 3.8) is 0 Å². The first-order valence-corrected chi connectivity index (χ1v) is 4.06. The molecule has 0 bridgehead atoms. The smallest absolute Gasteiger partial charge is 0.312 e. The van der Waals surface area contributed by atoms with Crippen LogP contribution in [0.2, 0.25) is 0 Å². The summed E-state index contributed by atoms with van der Waals surface area (Å²) in [4.78, 5) is 0. The van der Waals surface area contributed by atoms with Gasteiger partial charge in [0.15, 0.2) is 0 Å². The van der Waals surface area contributed by atoms with E-state index in [2.05, 4.69) is 4.74 Å². The third kappa shape index (κ3) is 10.3. The Hall–Kier alpha value is 0.340. The highest BCUT2D eigenvalue weighted by Crippen LogP contribution is 2.26. The van der Waals surface area contributed by atoms with Gasteiger partial charge in [-0.1, -0.05) is 0 Å². The van der Waals surface area contributed by atoms with Crippen LogP contribution < -0.4 is 0 Å². The molecule has 0 saturated heterocycles. The molecule has 0 spiro atoms. The minimum absolute atomic E-state index is 0.442. The van der Waals surface area contributed by atoms with Crippen molar-refractivity contribution in [2.75, 3.05) is 6.61 Å². The monoisotopic (exact) mass is 304 g/mol. The molecule has 0 aromatic carbocycles. The lowest BCUT2D eigenvalue weighted by Gasteiger charge is -2.10. The second-order valence-corrected chi connectivity index (χ2v) is 3.27. The molecule has 0 radical (unpaired) electrons. The Morgan fingerprint density at radius 1 is 1.08 bits per heavy atom. The molecule has 0 N–H and O–H groups in total. The van der Waals surface area contributed by atoms with Gasteiger partial charge >= 0.3 is 10.3 Å². The molecule has 0 aromatic rings. The first-order valence-electron chi connectivity index (χ1n) is 2.98. The van der Waals surface area contributed by atoms with Crippen LogP contribution in [-0.4, -0.2) is 16.9 Å². The number of halogens is 6. The van der Waals surface area contributed by atoms with E-state index in [0.717, 1.165) is 0 Å². The van der Waals surface area contributed by atoms with Crippen molar-refractivity contribution in [3.05, 3.63) is 0 Å². The fourth-order valence-electron chi connectivity index (χ4n) is 0.461. The molecular weight excluding hydrogens is 298 g/mol. The van der Waals surface area contributed by atoms with Gasteiger partial charge in [0.25, 0.3) is 0 Å². The molecule has 0 saturated carbocycles. The maximum Gasteiger partial charge on any atom is 0.407 e. The maximum absolute atomic E-state index is 11.8. The van der Waals surface area contributed by atoms with Gasteiger partial charge in [0.1, 0.15) is 0 Å². The van der Waals surface area contributed by atoms with Crippen LogP contribution in [0.5, 0.6) is 0 Å². The summed E-state index contributed by atoms with van der Waals surface area (Å²) in [6.45, 7) is -0.588. The predicted octanol–water partition coefficient (Wildman–Crippen LogP) is 3.33. The van der Waals surface area contributed by atoms with Crippen molar-refractivity contribution in [1.29, 1.82) is 0 Å². The van der Waals surface area contributed by atoms with Gasteiger partial charge in [0.05, 0.1) is 6.61 Å². The van der Waals surface area contributed by atoms with E-state index in [-0.39, 0.29) is 0 Å². The number of hydrogen-bond donors (Lipinski definition) is 0. The summed E-state index contributed by atoms with van der Waals surface area (Å²) >= 11 is 0.700. The summed E-state index contributed by atoms with van der Waals surface area (Å²) in [5, 5.41) is 0. The summed E-state index contributed by atoms with van der Waals surface area (Å²) < 4.78 is 58.3. The van der Waals surface area contributed by atoms with Gasteiger partial charge in [-0.05, 0) is 6.42 Å². The standard InChI is InChI=1S/C5H6F5IO/c6-4(7,8)2-1-3-12-5(9,10)11/h1-3H2. The lowest BCUT2D eigenvalue weighted by atomic mass is 10.3. The fraction of sp³-hybridized carbons (Fsp3) is 1.00. The quantitative estimate of drug-likeness (QED) is 0.335. The summed E-state index contributed by atoms with van der Waals surface area (Å²) in [6, 6.07) is 0. The fourth-order valence-corrected chi connectivity index (χ4v) is 0.681. The van der Waals surface area contributed by atoms with Crippen LogP contribution in [0, 0.1) is 0 Å². The molecular formula is C5H6F5IO. The third-order valence-corrected chi connectivity index (χ3v) is 1.18. The zero-order valence-corrected chi connectivity index (χ0v) is 7.95. The zero-order valence-electron chi connectivity index (χ0n) is 5.80. The number of alkyl halides is 6. The van der Waals surface area contributed by atoms with Crippen LogP contribution in [0.3, 0.4) is 0 Å². The Labute approximate surface area is 79.4 Å². The van der Waals surface area contributed by atoms with Gasteiger partial charge in [-0.2, -0.15) is 22.0 Å². The van der Waals surface area contributed by atoms with Crippen LogP contribution in [0.25, 0.3) is 0 Å². The van der Waals surface area contributed by atoms with Crippen LogP contribution in [0.4, 0.5) is 22.0 Å². The first kappa shape index (κ1) is 12.3. The van der Waals surface area contributed by atoms with Gasteiger partial charge in [-0.3, -0.25) is 0 Å². The van der Waals surface area contributed by atoms with Crippen LogP contribution in [-0.2, 0) is 4.74 Å². The highest BCUT2D eigenvalue weighted by Gasteiger charge is 2.28. The van der Waals surface area contributed by atoms with E-state index in [0.29, 0.717) is 22.6 Å². The number of hydrogen-bond acceptors (Lipinski definition) is 1. The van der Waals surface area contributed by atoms with E-state index in [1.807, 2.05) is 0 Å². The second-order valence-electron chi connectivity index (χ2n) is 2.01. The van der Waals surface area contributed by atoms with Crippen molar-refractivity contribution in [1.82, 2.24) is 0 Å². The largest absolute Gasteiger partial charge is 0.407 e.